The van der Waals surface area contributed by atoms with Gasteiger partial charge in [-0.2, -0.15) is 11.8 Å². The van der Waals surface area contributed by atoms with Gasteiger partial charge in [-0.15, -0.1) is 11.3 Å². The molecule has 4 heteroatoms. The van der Waals surface area contributed by atoms with Crippen LogP contribution in [0.4, 0.5) is 0 Å². The summed E-state index contributed by atoms with van der Waals surface area (Å²) in [6.07, 6.45) is 4.27. The molecule has 0 aromatic carbocycles. The third-order valence-electron chi connectivity index (χ3n) is 3.17. The number of thiophene rings is 1. The highest BCUT2D eigenvalue weighted by molar-refractivity contribution is 7.98. The molecular formula is C14H23NOS2. The maximum absolute atomic E-state index is 12.1. The van der Waals surface area contributed by atoms with Crippen molar-refractivity contribution in [2.24, 2.45) is 0 Å². The molecule has 18 heavy (non-hydrogen) atoms. The molecule has 102 valence electrons. The Bertz CT molecular complexity index is 376. The smallest absolute Gasteiger partial charge is 0.186 e. The average Bonchev–Trinajstić information content (AvgIpc) is 2.84. The van der Waals surface area contributed by atoms with Crippen LogP contribution < -0.4 is 0 Å². The van der Waals surface area contributed by atoms with Crippen LogP contribution in [0.5, 0.6) is 0 Å². The molecule has 2 nitrogen and oxygen atoms in total. The van der Waals surface area contributed by atoms with Gasteiger partial charge in [-0.05, 0) is 51.0 Å². The first-order chi connectivity index (χ1) is 8.58. The molecule has 1 rings (SSSR count). The summed E-state index contributed by atoms with van der Waals surface area (Å²) < 4.78 is 0. The molecule has 0 saturated carbocycles. The van der Waals surface area contributed by atoms with Crippen LogP contribution in [0.2, 0.25) is 0 Å². The van der Waals surface area contributed by atoms with E-state index in [1.807, 2.05) is 24.9 Å². The van der Waals surface area contributed by atoms with Gasteiger partial charge in [-0.25, -0.2) is 0 Å². The first-order valence-electron chi connectivity index (χ1n) is 6.39. The minimum Gasteiger partial charge on any atom is -0.296 e. The van der Waals surface area contributed by atoms with Gasteiger partial charge in [0.25, 0.3) is 0 Å². The van der Waals surface area contributed by atoms with E-state index in [-0.39, 0.29) is 5.78 Å². The molecule has 0 saturated heterocycles. The number of ketones is 1. The topological polar surface area (TPSA) is 20.3 Å². The zero-order chi connectivity index (χ0) is 13.5. The molecule has 1 aromatic rings. The fourth-order valence-electron chi connectivity index (χ4n) is 1.69. The number of carbonyl (C=O) groups is 1. The molecule has 0 spiro atoms. The standard InChI is InChI=1S/C14H23NOS2/c1-5-12-6-7-14(18-12)13(16)10-15(3)11(2)8-9-17-4/h6-7,11H,5,8-10H2,1-4H3. The van der Waals surface area contributed by atoms with Crippen LogP contribution in [0.1, 0.15) is 34.8 Å². The summed E-state index contributed by atoms with van der Waals surface area (Å²) >= 11 is 3.49. The predicted octanol–water partition coefficient (Wildman–Crippen LogP) is 3.57. The summed E-state index contributed by atoms with van der Waals surface area (Å²) in [4.78, 5) is 16.5. The van der Waals surface area contributed by atoms with Crippen LogP contribution in [0, 0.1) is 0 Å². The third-order valence-corrected chi connectivity index (χ3v) is 5.08. The Morgan fingerprint density at radius 3 is 2.78 bits per heavy atom. The molecule has 1 atom stereocenters. The SMILES string of the molecule is CCc1ccc(C(=O)CN(C)C(C)CCSC)s1. The summed E-state index contributed by atoms with van der Waals surface area (Å²) in [6.45, 7) is 4.84. The normalized spacial score (nSPS) is 12.9. The second-order valence-electron chi connectivity index (χ2n) is 4.59. The predicted molar refractivity (Wildman–Crippen MR) is 83.1 cm³/mol. The summed E-state index contributed by atoms with van der Waals surface area (Å²) in [5.41, 5.74) is 0. The van der Waals surface area contributed by atoms with Crippen LogP contribution in [-0.2, 0) is 6.42 Å². The zero-order valence-corrected chi connectivity index (χ0v) is 13.4. The van der Waals surface area contributed by atoms with E-state index in [0.29, 0.717) is 12.6 Å². The Hall–Kier alpha value is -0.320. The molecular weight excluding hydrogens is 262 g/mol. The van der Waals surface area contributed by atoms with E-state index in [0.717, 1.165) is 23.5 Å². The van der Waals surface area contributed by atoms with E-state index in [2.05, 4.69) is 31.1 Å². The fraction of sp³-hybridized carbons (Fsp3) is 0.643. The summed E-state index contributed by atoms with van der Waals surface area (Å²) in [5.74, 6) is 1.40. The van der Waals surface area contributed by atoms with Gasteiger partial charge in [0, 0.05) is 10.9 Å². The Balaban J connectivity index is 2.48. The first kappa shape index (κ1) is 15.7. The molecule has 0 aliphatic rings. The van der Waals surface area contributed by atoms with Gasteiger partial charge >= 0.3 is 0 Å². The van der Waals surface area contributed by atoms with Crippen molar-refractivity contribution in [3.63, 3.8) is 0 Å². The van der Waals surface area contributed by atoms with Gasteiger partial charge in [0.1, 0.15) is 0 Å². The van der Waals surface area contributed by atoms with Gasteiger partial charge < -0.3 is 0 Å². The highest BCUT2D eigenvalue weighted by atomic mass is 32.2. The van der Waals surface area contributed by atoms with Crippen molar-refractivity contribution in [2.75, 3.05) is 25.6 Å². The largest absolute Gasteiger partial charge is 0.296 e. The van der Waals surface area contributed by atoms with Crippen molar-refractivity contribution in [1.29, 1.82) is 0 Å². The van der Waals surface area contributed by atoms with Crippen LogP contribution in [0.15, 0.2) is 12.1 Å². The van der Waals surface area contributed by atoms with Crippen LogP contribution in [0.25, 0.3) is 0 Å². The lowest BCUT2D eigenvalue weighted by Crippen LogP contribution is -2.34. The van der Waals surface area contributed by atoms with Crippen LogP contribution in [0.3, 0.4) is 0 Å². The molecule has 0 aliphatic carbocycles. The van der Waals surface area contributed by atoms with E-state index < -0.39 is 0 Å². The summed E-state index contributed by atoms with van der Waals surface area (Å²) in [6, 6.07) is 4.49. The van der Waals surface area contributed by atoms with Crippen molar-refractivity contribution in [2.45, 2.75) is 32.7 Å². The number of aryl methyl sites for hydroxylation is 1. The van der Waals surface area contributed by atoms with Crippen molar-refractivity contribution >= 4 is 28.9 Å². The number of hydrogen-bond donors (Lipinski definition) is 0. The number of hydrogen-bond acceptors (Lipinski definition) is 4. The molecule has 1 heterocycles. The monoisotopic (exact) mass is 285 g/mol. The van der Waals surface area contributed by atoms with Gasteiger partial charge in [-0.3, -0.25) is 9.69 Å². The molecule has 0 bridgehead atoms. The quantitative estimate of drug-likeness (QED) is 0.681. The second-order valence-corrected chi connectivity index (χ2v) is 6.74. The molecule has 0 N–H and O–H groups in total. The number of Topliss-reactive ketones (excluding diaryl/α,β-unsaturated/α-hetero) is 1. The number of rotatable bonds is 8. The lowest BCUT2D eigenvalue weighted by atomic mass is 10.2. The lowest BCUT2D eigenvalue weighted by molar-refractivity contribution is 0.0927. The lowest BCUT2D eigenvalue weighted by Gasteiger charge is -2.23. The average molecular weight is 285 g/mol. The highest BCUT2D eigenvalue weighted by Gasteiger charge is 2.15. The highest BCUT2D eigenvalue weighted by Crippen LogP contribution is 2.18. The maximum atomic E-state index is 12.1. The van der Waals surface area contributed by atoms with Gasteiger partial charge in [0.15, 0.2) is 5.78 Å². The Kier molecular flexibility index (Phi) is 6.97. The summed E-state index contributed by atoms with van der Waals surface area (Å²) in [7, 11) is 2.04. The van der Waals surface area contributed by atoms with E-state index in [1.54, 1.807) is 11.3 Å². The number of nitrogens with zero attached hydrogens (tertiary/aromatic N) is 1. The molecule has 0 fully saturated rings. The molecule has 1 unspecified atom stereocenters. The van der Waals surface area contributed by atoms with Crippen molar-refractivity contribution < 1.29 is 4.79 Å². The minimum absolute atomic E-state index is 0.248. The van der Waals surface area contributed by atoms with E-state index in [9.17, 15) is 4.79 Å². The minimum atomic E-state index is 0.248. The Morgan fingerprint density at radius 1 is 1.50 bits per heavy atom. The first-order valence-corrected chi connectivity index (χ1v) is 8.60. The van der Waals surface area contributed by atoms with E-state index >= 15 is 0 Å². The summed E-state index contributed by atoms with van der Waals surface area (Å²) in [5, 5.41) is 0. The fourth-order valence-corrected chi connectivity index (χ4v) is 3.14. The maximum Gasteiger partial charge on any atom is 0.186 e. The van der Waals surface area contributed by atoms with Gasteiger partial charge in [0.05, 0.1) is 11.4 Å². The van der Waals surface area contributed by atoms with Gasteiger partial charge in [-0.1, -0.05) is 6.92 Å². The molecule has 0 aliphatic heterocycles. The third kappa shape index (κ3) is 4.75. The van der Waals surface area contributed by atoms with Crippen molar-refractivity contribution in [3.8, 4) is 0 Å². The Morgan fingerprint density at radius 2 is 2.22 bits per heavy atom. The van der Waals surface area contributed by atoms with Gasteiger partial charge in [0.2, 0.25) is 0 Å². The second kappa shape index (κ2) is 7.97. The van der Waals surface area contributed by atoms with Crippen molar-refractivity contribution in [3.05, 3.63) is 21.9 Å². The van der Waals surface area contributed by atoms with Crippen LogP contribution in [-0.4, -0.2) is 42.3 Å². The van der Waals surface area contributed by atoms with Crippen molar-refractivity contribution in [1.82, 2.24) is 4.90 Å². The number of likely N-dealkylation sites (N-methyl/N-ethyl adjacent to an activating group) is 1. The number of thioether (sulfide) groups is 1. The van der Waals surface area contributed by atoms with Crippen LogP contribution >= 0.6 is 23.1 Å². The zero-order valence-electron chi connectivity index (χ0n) is 11.7. The molecule has 1 aromatic heterocycles. The van der Waals surface area contributed by atoms with E-state index in [1.165, 1.54) is 4.88 Å². The molecule has 0 radical (unpaired) electrons. The van der Waals surface area contributed by atoms with E-state index in [4.69, 9.17) is 0 Å². The Labute approximate surface area is 119 Å². The molecule has 0 amide bonds. The number of carbonyl (C=O) groups excluding carboxylic acids is 1.